The lowest BCUT2D eigenvalue weighted by Crippen LogP contribution is -2.34. The number of aromatic nitrogens is 2. The Labute approximate surface area is 218 Å². The van der Waals surface area contributed by atoms with Gasteiger partial charge in [0.25, 0.3) is 0 Å². The zero-order chi connectivity index (χ0) is 24.8. The van der Waals surface area contributed by atoms with Crippen molar-refractivity contribution < 1.29 is 0 Å². The van der Waals surface area contributed by atoms with Crippen LogP contribution in [0, 0.1) is 0 Å². The SMILES string of the molecule is CCC1=NC2c3ccc4c(c3CCC2N1)CCc1c-4ccc2cc3c(cc12)CCc1[nH]c(C(C)C)nc1-3. The number of aliphatic imine (C=N–C) groups is 1. The number of imidazole rings is 1. The van der Waals surface area contributed by atoms with Crippen LogP contribution in [0.2, 0.25) is 0 Å². The monoisotopic (exact) mass is 486 g/mol. The van der Waals surface area contributed by atoms with Crippen molar-refractivity contribution >= 4 is 16.6 Å². The molecule has 2 atom stereocenters. The molecule has 0 saturated heterocycles. The number of fused-ring (bicyclic) bond motifs is 12. The number of benzene rings is 3. The number of rotatable bonds is 2. The highest BCUT2D eigenvalue weighted by atomic mass is 15.1. The first kappa shape index (κ1) is 21.7. The van der Waals surface area contributed by atoms with Crippen LogP contribution in [0.1, 0.15) is 84.9 Å². The number of hydrogen-bond acceptors (Lipinski definition) is 3. The number of nitrogens with one attached hydrogen (secondary N) is 2. The second-order valence-corrected chi connectivity index (χ2v) is 11.7. The number of hydrogen-bond donors (Lipinski definition) is 2. The largest absolute Gasteiger partial charge is 0.369 e. The molecule has 0 saturated carbocycles. The molecule has 2 N–H and O–H groups in total. The van der Waals surface area contributed by atoms with Gasteiger partial charge in [-0.3, -0.25) is 4.99 Å². The van der Waals surface area contributed by atoms with Crippen molar-refractivity contribution in [2.45, 2.75) is 83.7 Å². The second kappa shape index (κ2) is 7.80. The van der Waals surface area contributed by atoms with Crippen LogP contribution in [0.15, 0.2) is 41.4 Å². The molecule has 2 unspecified atom stereocenters. The lowest BCUT2D eigenvalue weighted by Gasteiger charge is -2.32. The highest BCUT2D eigenvalue weighted by molar-refractivity contribution is 5.97. The minimum absolute atomic E-state index is 0.302. The van der Waals surface area contributed by atoms with Crippen molar-refractivity contribution in [2.75, 3.05) is 0 Å². The summed E-state index contributed by atoms with van der Waals surface area (Å²) in [6, 6.07) is 15.2. The number of aryl methyl sites for hydroxylation is 3. The van der Waals surface area contributed by atoms with Gasteiger partial charge in [0.2, 0.25) is 0 Å². The predicted molar refractivity (Wildman–Crippen MR) is 152 cm³/mol. The van der Waals surface area contributed by atoms with E-state index in [1.807, 2.05) is 0 Å². The van der Waals surface area contributed by atoms with E-state index in [1.54, 1.807) is 11.1 Å². The summed E-state index contributed by atoms with van der Waals surface area (Å²) in [5.74, 6) is 2.71. The van der Waals surface area contributed by atoms with Crippen LogP contribution < -0.4 is 5.32 Å². The van der Waals surface area contributed by atoms with Gasteiger partial charge in [-0.2, -0.15) is 0 Å². The maximum atomic E-state index is 5.07. The molecular weight excluding hydrogens is 452 g/mol. The Kier molecular flexibility index (Phi) is 4.57. The van der Waals surface area contributed by atoms with Gasteiger partial charge in [-0.05, 0) is 94.3 Å². The van der Waals surface area contributed by atoms with Crippen molar-refractivity contribution in [1.29, 1.82) is 0 Å². The molecule has 0 amide bonds. The molecule has 0 fully saturated rings. The summed E-state index contributed by atoms with van der Waals surface area (Å²) in [6.45, 7) is 6.63. The zero-order valence-electron chi connectivity index (χ0n) is 22.0. The second-order valence-electron chi connectivity index (χ2n) is 11.7. The minimum atomic E-state index is 0.302. The lowest BCUT2D eigenvalue weighted by atomic mass is 9.75. The highest BCUT2D eigenvalue weighted by Gasteiger charge is 2.36. The topological polar surface area (TPSA) is 53.1 Å². The van der Waals surface area contributed by atoms with Gasteiger partial charge in [0, 0.05) is 23.6 Å². The summed E-state index contributed by atoms with van der Waals surface area (Å²) in [6.07, 6.45) is 7.75. The summed E-state index contributed by atoms with van der Waals surface area (Å²) in [5, 5.41) is 6.47. The van der Waals surface area contributed by atoms with E-state index in [1.165, 1.54) is 74.2 Å². The van der Waals surface area contributed by atoms with E-state index in [4.69, 9.17) is 9.98 Å². The molecule has 186 valence electrons. The fourth-order valence-corrected chi connectivity index (χ4v) is 7.46. The molecular formula is C33H34N4. The zero-order valence-corrected chi connectivity index (χ0v) is 22.0. The standard InChI is InChI=1S/C33H34N4/c1-4-30-34-28-14-12-23-22-8-9-24-20(21(22)10-11-25(23)31(28)36-30)7-5-18-16-27-19(15-26(18)24)6-13-29-32(27)37-33(35-29)17(2)3/h5,7,10-11,15-17,28,31H,4,6,8-9,12-14H2,1-3H3,(H,34,36)(H,35,37). The minimum Gasteiger partial charge on any atom is -0.369 e. The first-order valence-electron chi connectivity index (χ1n) is 14.2. The fourth-order valence-electron chi connectivity index (χ4n) is 7.46. The average Bonchev–Trinajstić information content (AvgIpc) is 3.56. The molecule has 1 aromatic heterocycles. The smallest absolute Gasteiger partial charge is 0.109 e. The van der Waals surface area contributed by atoms with E-state index < -0.39 is 0 Å². The Hall–Kier alpha value is -3.40. The van der Waals surface area contributed by atoms with Gasteiger partial charge in [0.05, 0.1) is 23.6 Å². The molecule has 0 radical (unpaired) electrons. The molecule has 1 aliphatic heterocycles. The maximum Gasteiger partial charge on any atom is 0.109 e. The molecule has 37 heavy (non-hydrogen) atoms. The Bertz CT molecular complexity index is 1640. The van der Waals surface area contributed by atoms with Crippen LogP contribution in [-0.4, -0.2) is 21.8 Å². The van der Waals surface area contributed by atoms with Gasteiger partial charge in [-0.15, -0.1) is 0 Å². The molecule has 3 aromatic carbocycles. The number of H-pyrrole nitrogens is 1. The van der Waals surface area contributed by atoms with Crippen molar-refractivity contribution in [2.24, 2.45) is 4.99 Å². The predicted octanol–water partition coefficient (Wildman–Crippen LogP) is 6.99. The molecule has 4 aliphatic rings. The molecule has 2 heterocycles. The van der Waals surface area contributed by atoms with Crippen LogP contribution in [0.3, 0.4) is 0 Å². The Morgan fingerprint density at radius 1 is 0.892 bits per heavy atom. The van der Waals surface area contributed by atoms with Crippen LogP contribution in [0.5, 0.6) is 0 Å². The Balaban J connectivity index is 1.24. The number of amidine groups is 1. The van der Waals surface area contributed by atoms with Gasteiger partial charge in [-0.25, -0.2) is 4.98 Å². The first-order valence-corrected chi connectivity index (χ1v) is 14.2. The quantitative estimate of drug-likeness (QED) is 0.321. The Morgan fingerprint density at radius 2 is 1.73 bits per heavy atom. The van der Waals surface area contributed by atoms with E-state index >= 15 is 0 Å². The molecule has 4 heteroatoms. The van der Waals surface area contributed by atoms with Gasteiger partial charge < -0.3 is 10.3 Å². The van der Waals surface area contributed by atoms with Crippen molar-refractivity contribution in [3.05, 3.63) is 75.7 Å². The Morgan fingerprint density at radius 3 is 2.59 bits per heavy atom. The molecule has 3 aliphatic carbocycles. The van der Waals surface area contributed by atoms with Gasteiger partial charge in [0.15, 0.2) is 0 Å². The van der Waals surface area contributed by atoms with E-state index in [0.717, 1.165) is 37.9 Å². The molecule has 8 rings (SSSR count). The van der Waals surface area contributed by atoms with Crippen LogP contribution in [0.4, 0.5) is 0 Å². The van der Waals surface area contributed by atoms with E-state index in [2.05, 4.69) is 67.5 Å². The lowest BCUT2D eigenvalue weighted by molar-refractivity contribution is 0.475. The van der Waals surface area contributed by atoms with E-state index in [9.17, 15) is 0 Å². The third-order valence-electron chi connectivity index (χ3n) is 9.37. The average molecular weight is 487 g/mol. The number of aromatic amines is 1. The van der Waals surface area contributed by atoms with E-state index in [0.29, 0.717) is 18.0 Å². The van der Waals surface area contributed by atoms with Gasteiger partial charge in [0.1, 0.15) is 5.82 Å². The molecule has 4 aromatic rings. The van der Waals surface area contributed by atoms with Gasteiger partial charge >= 0.3 is 0 Å². The first-order chi connectivity index (χ1) is 18.1. The summed E-state index contributed by atoms with van der Waals surface area (Å²) in [7, 11) is 0. The van der Waals surface area contributed by atoms with Crippen molar-refractivity contribution in [3.63, 3.8) is 0 Å². The maximum absolute atomic E-state index is 5.07. The number of nitrogens with zero attached hydrogens (tertiary/aromatic N) is 2. The summed E-state index contributed by atoms with van der Waals surface area (Å²) in [4.78, 5) is 13.7. The molecule has 0 spiro atoms. The van der Waals surface area contributed by atoms with Crippen LogP contribution in [0.25, 0.3) is 33.2 Å². The third kappa shape index (κ3) is 3.08. The highest BCUT2D eigenvalue weighted by Crippen LogP contribution is 2.46. The molecule has 0 bridgehead atoms. The van der Waals surface area contributed by atoms with E-state index in [-0.39, 0.29) is 0 Å². The molecule has 4 nitrogen and oxygen atoms in total. The van der Waals surface area contributed by atoms with Gasteiger partial charge in [-0.1, -0.05) is 51.1 Å². The fraction of sp³-hybridized carbons (Fsp3) is 0.394. The summed E-state index contributed by atoms with van der Waals surface area (Å²) >= 11 is 0. The van der Waals surface area contributed by atoms with Crippen molar-refractivity contribution in [3.8, 4) is 22.4 Å². The van der Waals surface area contributed by atoms with Crippen LogP contribution >= 0.6 is 0 Å². The normalized spacial score (nSPS) is 20.9. The summed E-state index contributed by atoms with van der Waals surface area (Å²) in [5.41, 5.74) is 14.3. The van der Waals surface area contributed by atoms with Crippen LogP contribution in [-0.2, 0) is 32.1 Å². The van der Waals surface area contributed by atoms with Crippen molar-refractivity contribution in [1.82, 2.24) is 15.3 Å². The summed E-state index contributed by atoms with van der Waals surface area (Å²) < 4.78 is 0. The third-order valence-corrected chi connectivity index (χ3v) is 9.37.